The molecule has 7 heteroatoms. The first kappa shape index (κ1) is 23.3. The Morgan fingerprint density at radius 2 is 1.51 bits per heavy atom. The number of anilines is 1. The average molecular weight is 500 g/mol. The minimum Gasteiger partial charge on any atom is -0.464 e. The number of rotatable bonds is 5. The molecular formula is C30H27F2N3O2. The standard InChI is InChI=1S/C30H27F2N3O2/c1-2-37-30(36)29-13-18(24-16-33-26-14-19(31)8-10-22(24)26)12-28(35(29)21-6-4-3-5-7-21)25-17-34-27-15-20(32)9-11-23(25)27/h3-11,14-18,28-29,33-34H,2,12-13H2,1H3/t18-,28-,29-/m0/s1. The van der Waals surface area contributed by atoms with Crippen LogP contribution in [0.15, 0.2) is 79.1 Å². The van der Waals surface area contributed by atoms with Gasteiger partial charge in [0.2, 0.25) is 0 Å². The Bertz CT molecular complexity index is 1580. The van der Waals surface area contributed by atoms with Crippen molar-refractivity contribution in [2.24, 2.45) is 0 Å². The van der Waals surface area contributed by atoms with Crippen molar-refractivity contribution in [3.8, 4) is 0 Å². The molecule has 1 aliphatic heterocycles. The van der Waals surface area contributed by atoms with E-state index in [9.17, 15) is 13.6 Å². The maximum atomic E-state index is 14.0. The topological polar surface area (TPSA) is 61.1 Å². The summed E-state index contributed by atoms with van der Waals surface area (Å²) in [7, 11) is 0. The zero-order chi connectivity index (χ0) is 25.5. The van der Waals surface area contributed by atoms with E-state index in [4.69, 9.17) is 4.74 Å². The van der Waals surface area contributed by atoms with Crippen molar-refractivity contribution in [2.75, 3.05) is 11.5 Å². The number of esters is 1. The van der Waals surface area contributed by atoms with Crippen LogP contribution in [-0.2, 0) is 9.53 Å². The van der Waals surface area contributed by atoms with Gasteiger partial charge in [-0.25, -0.2) is 13.6 Å². The number of hydrogen-bond donors (Lipinski definition) is 2. The molecule has 1 fully saturated rings. The van der Waals surface area contributed by atoms with Crippen LogP contribution in [0.5, 0.6) is 0 Å². The van der Waals surface area contributed by atoms with Gasteiger partial charge in [-0.2, -0.15) is 0 Å². The van der Waals surface area contributed by atoms with Crippen molar-refractivity contribution in [2.45, 2.75) is 37.8 Å². The van der Waals surface area contributed by atoms with Gasteiger partial charge >= 0.3 is 5.97 Å². The van der Waals surface area contributed by atoms with Crippen LogP contribution >= 0.6 is 0 Å². The van der Waals surface area contributed by atoms with Gasteiger partial charge in [0.1, 0.15) is 17.7 Å². The monoisotopic (exact) mass is 499 g/mol. The number of H-pyrrole nitrogens is 2. The number of piperidine rings is 1. The van der Waals surface area contributed by atoms with E-state index in [-0.39, 0.29) is 36.2 Å². The van der Waals surface area contributed by atoms with Crippen molar-refractivity contribution in [3.63, 3.8) is 0 Å². The van der Waals surface area contributed by atoms with Crippen LogP contribution in [0.3, 0.4) is 0 Å². The van der Waals surface area contributed by atoms with Crippen LogP contribution in [0.25, 0.3) is 21.8 Å². The number of hydrogen-bond acceptors (Lipinski definition) is 3. The second-order valence-electron chi connectivity index (χ2n) is 9.56. The summed E-state index contributed by atoms with van der Waals surface area (Å²) in [5.41, 5.74) is 4.39. The van der Waals surface area contributed by atoms with E-state index in [1.807, 2.05) is 49.6 Å². The maximum Gasteiger partial charge on any atom is 0.328 e. The first-order valence-electron chi connectivity index (χ1n) is 12.6. The van der Waals surface area contributed by atoms with E-state index in [2.05, 4.69) is 14.9 Å². The van der Waals surface area contributed by atoms with Crippen molar-refractivity contribution in [1.29, 1.82) is 0 Å². The molecule has 0 aliphatic carbocycles. The Kier molecular flexibility index (Phi) is 5.91. The minimum atomic E-state index is -0.540. The van der Waals surface area contributed by atoms with Crippen molar-refractivity contribution in [1.82, 2.24) is 9.97 Å². The summed E-state index contributed by atoms with van der Waals surface area (Å²) in [5.74, 6) is -0.882. The minimum absolute atomic E-state index is 0.00368. The molecule has 1 aliphatic rings. The number of ether oxygens (including phenoxy) is 1. The van der Waals surface area contributed by atoms with Crippen LogP contribution in [0, 0.1) is 11.6 Å². The number of carbonyl (C=O) groups excluding carboxylic acids is 1. The molecule has 6 rings (SSSR count). The highest BCUT2D eigenvalue weighted by Gasteiger charge is 2.42. The van der Waals surface area contributed by atoms with E-state index >= 15 is 0 Å². The van der Waals surface area contributed by atoms with E-state index in [0.29, 0.717) is 18.4 Å². The van der Waals surface area contributed by atoms with Gasteiger partial charge in [-0.1, -0.05) is 18.2 Å². The van der Waals surface area contributed by atoms with Crippen LogP contribution in [0.1, 0.15) is 42.9 Å². The molecule has 188 valence electrons. The molecular weight excluding hydrogens is 472 g/mol. The van der Waals surface area contributed by atoms with Gasteiger partial charge in [0.15, 0.2) is 0 Å². The predicted molar refractivity (Wildman–Crippen MR) is 141 cm³/mol. The summed E-state index contributed by atoms with van der Waals surface area (Å²) in [6.45, 7) is 2.09. The van der Waals surface area contributed by atoms with Gasteiger partial charge in [-0.15, -0.1) is 0 Å². The van der Waals surface area contributed by atoms with E-state index in [0.717, 1.165) is 33.1 Å². The normalized spacial score (nSPS) is 20.0. The summed E-state index contributed by atoms with van der Waals surface area (Å²) in [5, 5.41) is 1.86. The summed E-state index contributed by atoms with van der Waals surface area (Å²) in [6.07, 6.45) is 5.10. The highest BCUT2D eigenvalue weighted by atomic mass is 19.1. The molecule has 3 aromatic carbocycles. The third kappa shape index (κ3) is 4.14. The number of aromatic amines is 2. The highest BCUT2D eigenvalue weighted by Crippen LogP contribution is 2.47. The van der Waals surface area contributed by atoms with E-state index in [1.165, 1.54) is 24.3 Å². The van der Waals surface area contributed by atoms with Crippen LogP contribution in [0.2, 0.25) is 0 Å². The van der Waals surface area contributed by atoms with Gasteiger partial charge in [0, 0.05) is 39.9 Å². The van der Waals surface area contributed by atoms with Crippen LogP contribution < -0.4 is 4.90 Å². The fraction of sp³-hybridized carbons (Fsp3) is 0.233. The number of halogens is 2. The summed E-state index contributed by atoms with van der Waals surface area (Å²) >= 11 is 0. The van der Waals surface area contributed by atoms with Crippen molar-refractivity contribution >= 4 is 33.5 Å². The number of carbonyl (C=O) groups is 1. The van der Waals surface area contributed by atoms with Gasteiger partial charge < -0.3 is 19.6 Å². The molecule has 0 unspecified atom stereocenters. The zero-order valence-electron chi connectivity index (χ0n) is 20.4. The Hall–Kier alpha value is -4.13. The summed E-state index contributed by atoms with van der Waals surface area (Å²) in [4.78, 5) is 22.0. The lowest BCUT2D eigenvalue weighted by molar-refractivity contribution is -0.145. The number of aromatic nitrogens is 2. The predicted octanol–water partition coefficient (Wildman–Crippen LogP) is 6.98. The van der Waals surface area contributed by atoms with Crippen LogP contribution in [0.4, 0.5) is 14.5 Å². The highest BCUT2D eigenvalue weighted by molar-refractivity contribution is 5.87. The Balaban J connectivity index is 1.52. The van der Waals surface area contributed by atoms with Gasteiger partial charge in [-0.3, -0.25) is 0 Å². The summed E-state index contributed by atoms with van der Waals surface area (Å²) < 4.78 is 33.4. The second kappa shape index (κ2) is 9.39. The Morgan fingerprint density at radius 1 is 0.892 bits per heavy atom. The molecule has 0 bridgehead atoms. The molecule has 3 heterocycles. The maximum absolute atomic E-state index is 14.0. The third-order valence-electron chi connectivity index (χ3n) is 7.45. The average Bonchev–Trinajstić information content (AvgIpc) is 3.52. The molecule has 0 saturated carbocycles. The molecule has 2 aromatic heterocycles. The third-order valence-corrected chi connectivity index (χ3v) is 7.45. The van der Waals surface area contributed by atoms with Crippen LogP contribution in [-0.4, -0.2) is 28.6 Å². The lowest BCUT2D eigenvalue weighted by Gasteiger charge is -2.45. The number of nitrogens with zero attached hydrogens (tertiary/aromatic N) is 1. The molecule has 2 N–H and O–H groups in total. The number of nitrogens with one attached hydrogen (secondary N) is 2. The smallest absolute Gasteiger partial charge is 0.328 e. The lowest BCUT2D eigenvalue weighted by atomic mass is 9.79. The largest absolute Gasteiger partial charge is 0.464 e. The number of fused-ring (bicyclic) bond motifs is 2. The van der Waals surface area contributed by atoms with Crippen molar-refractivity contribution < 1.29 is 18.3 Å². The zero-order valence-corrected chi connectivity index (χ0v) is 20.4. The van der Waals surface area contributed by atoms with E-state index < -0.39 is 6.04 Å². The molecule has 0 radical (unpaired) electrons. The first-order valence-corrected chi connectivity index (χ1v) is 12.6. The lowest BCUT2D eigenvalue weighted by Crippen LogP contribution is -2.49. The summed E-state index contributed by atoms with van der Waals surface area (Å²) in [6, 6.07) is 18.6. The van der Waals surface area contributed by atoms with Crippen molar-refractivity contribution in [3.05, 3.63) is 102 Å². The Labute approximate surface area is 213 Å². The number of benzene rings is 3. The molecule has 0 amide bonds. The Morgan fingerprint density at radius 3 is 2.16 bits per heavy atom. The SMILES string of the molecule is CCOC(=O)[C@@H]1C[C@@H](c2c[nH]c3cc(F)ccc23)C[C@@H](c2c[nH]c3cc(F)ccc23)N1c1ccccc1. The first-order chi connectivity index (χ1) is 18.0. The molecule has 5 aromatic rings. The van der Waals surface area contributed by atoms with Gasteiger partial charge in [0.25, 0.3) is 0 Å². The molecule has 1 saturated heterocycles. The molecule has 5 nitrogen and oxygen atoms in total. The molecule has 0 spiro atoms. The molecule has 37 heavy (non-hydrogen) atoms. The number of para-hydroxylation sites is 1. The fourth-order valence-electron chi connectivity index (χ4n) is 5.87. The van der Waals surface area contributed by atoms with E-state index in [1.54, 1.807) is 12.1 Å². The fourth-order valence-corrected chi connectivity index (χ4v) is 5.87. The van der Waals surface area contributed by atoms with Gasteiger partial charge in [0.05, 0.1) is 12.6 Å². The second-order valence-corrected chi connectivity index (χ2v) is 9.56. The molecule has 3 atom stereocenters. The van der Waals surface area contributed by atoms with Gasteiger partial charge in [-0.05, 0) is 85.3 Å². The quantitative estimate of drug-likeness (QED) is 0.256.